The molecule has 133 valence electrons. The first kappa shape index (κ1) is 17.2. The van der Waals surface area contributed by atoms with E-state index in [1.807, 2.05) is 0 Å². The summed E-state index contributed by atoms with van der Waals surface area (Å²) in [6.07, 6.45) is 12.0. The van der Waals surface area contributed by atoms with E-state index in [0.29, 0.717) is 26.9 Å². The molecule has 6 atom stereocenters. The highest BCUT2D eigenvalue weighted by molar-refractivity contribution is 6.48. The van der Waals surface area contributed by atoms with Crippen LogP contribution in [0.5, 0.6) is 0 Å². The quantitative estimate of drug-likeness (QED) is 0.389. The van der Waals surface area contributed by atoms with Gasteiger partial charge in [-0.3, -0.25) is 0 Å². The number of fused-ring (bicyclic) bond motifs is 2. The molecule has 0 nitrogen and oxygen atoms in total. The normalized spacial score (nSPS) is 53.5. The number of rotatable bonds is 4. The highest BCUT2D eigenvalue weighted by Crippen LogP contribution is 2.90. The van der Waals surface area contributed by atoms with E-state index in [4.69, 9.17) is 0 Å². The molecule has 1 heteroatoms. The molecule has 4 fully saturated rings. The minimum absolute atomic E-state index is 0.480. The average Bonchev–Trinajstić information content (AvgIpc) is 3.12. The Morgan fingerprint density at radius 2 is 1.58 bits per heavy atom. The lowest BCUT2D eigenvalue weighted by molar-refractivity contribution is 0.211. The fraction of sp³-hybridized carbons (Fsp3) is 0.913. The van der Waals surface area contributed by atoms with Crippen molar-refractivity contribution in [1.82, 2.24) is 0 Å². The third-order valence-electron chi connectivity index (χ3n) is 9.76. The van der Waals surface area contributed by atoms with Crippen molar-refractivity contribution in [1.29, 1.82) is 0 Å². The van der Waals surface area contributed by atoms with E-state index in [1.54, 1.807) is 0 Å². The van der Waals surface area contributed by atoms with E-state index in [1.165, 1.54) is 44.9 Å². The van der Waals surface area contributed by atoms with Crippen molar-refractivity contribution >= 4 is 7.28 Å². The van der Waals surface area contributed by atoms with Crippen LogP contribution in [0.25, 0.3) is 0 Å². The molecule has 1 radical (unpaired) electrons. The van der Waals surface area contributed by atoms with Crippen LogP contribution in [-0.2, 0) is 0 Å². The lowest BCUT2D eigenvalue weighted by atomic mass is 9.39. The van der Waals surface area contributed by atoms with Gasteiger partial charge in [-0.1, -0.05) is 60.5 Å². The number of hydrogen-bond acceptors (Lipinski definition) is 0. The summed E-state index contributed by atoms with van der Waals surface area (Å²) < 4.78 is 0. The Morgan fingerprint density at radius 1 is 0.958 bits per heavy atom. The molecular formula is C23H38B. The summed E-state index contributed by atoms with van der Waals surface area (Å²) in [7, 11) is 2.99. The predicted molar refractivity (Wildman–Crippen MR) is 105 cm³/mol. The summed E-state index contributed by atoms with van der Waals surface area (Å²) in [5, 5.41) is 1.05. The van der Waals surface area contributed by atoms with E-state index in [2.05, 4.69) is 61.5 Å². The van der Waals surface area contributed by atoms with Gasteiger partial charge in [-0.15, -0.1) is 6.58 Å². The van der Waals surface area contributed by atoms with E-state index in [-0.39, 0.29) is 0 Å². The van der Waals surface area contributed by atoms with E-state index < -0.39 is 0 Å². The van der Waals surface area contributed by atoms with Gasteiger partial charge in [-0.2, -0.15) is 0 Å². The van der Waals surface area contributed by atoms with Crippen molar-refractivity contribution in [3.8, 4) is 0 Å². The molecular weight excluding hydrogens is 287 g/mol. The van der Waals surface area contributed by atoms with Crippen molar-refractivity contribution in [3.05, 3.63) is 12.7 Å². The maximum Gasteiger partial charge on any atom is 0.128 e. The Hall–Kier alpha value is -0.195. The molecule has 0 aromatic carbocycles. The molecule has 0 aromatic rings. The molecule has 4 aliphatic rings. The average molecular weight is 325 g/mol. The van der Waals surface area contributed by atoms with Crippen molar-refractivity contribution < 1.29 is 0 Å². The Labute approximate surface area is 151 Å². The monoisotopic (exact) mass is 325 g/mol. The SMILES string of the molecule is C=CCC1(C)CCC2C(C)(C)C2([B]C23CC(C)CCC2C3(C)C)C1. The molecule has 4 saturated carbocycles. The first-order chi connectivity index (χ1) is 11.0. The molecule has 4 rings (SSSR count). The lowest BCUT2D eigenvalue weighted by Gasteiger charge is -2.41. The molecule has 4 aliphatic carbocycles. The van der Waals surface area contributed by atoms with Gasteiger partial charge < -0.3 is 0 Å². The van der Waals surface area contributed by atoms with Crippen molar-refractivity contribution in [2.24, 2.45) is 34.0 Å². The van der Waals surface area contributed by atoms with Crippen LogP contribution in [0.15, 0.2) is 12.7 Å². The first-order valence-corrected chi connectivity index (χ1v) is 10.5. The van der Waals surface area contributed by atoms with Crippen LogP contribution in [0.3, 0.4) is 0 Å². The van der Waals surface area contributed by atoms with Gasteiger partial charge >= 0.3 is 0 Å². The van der Waals surface area contributed by atoms with Crippen LogP contribution in [0.2, 0.25) is 10.6 Å². The molecule has 0 aromatic heterocycles. The van der Waals surface area contributed by atoms with E-state index >= 15 is 0 Å². The van der Waals surface area contributed by atoms with Gasteiger partial charge in [0.25, 0.3) is 0 Å². The van der Waals surface area contributed by atoms with Crippen LogP contribution in [0.4, 0.5) is 0 Å². The Bertz CT molecular complexity index is 560. The van der Waals surface area contributed by atoms with Gasteiger partial charge in [0.2, 0.25) is 0 Å². The summed E-state index contributed by atoms with van der Waals surface area (Å²) in [6.45, 7) is 19.4. The number of hydrogen-bond donors (Lipinski definition) is 0. The summed E-state index contributed by atoms with van der Waals surface area (Å²) in [5.74, 6) is 2.81. The lowest BCUT2D eigenvalue weighted by Crippen LogP contribution is -2.32. The summed E-state index contributed by atoms with van der Waals surface area (Å²) in [5.41, 5.74) is 1.54. The second-order valence-electron chi connectivity index (χ2n) is 11.7. The minimum Gasteiger partial charge on any atom is -0.103 e. The van der Waals surface area contributed by atoms with Gasteiger partial charge in [0, 0.05) is 0 Å². The summed E-state index contributed by atoms with van der Waals surface area (Å²) in [6, 6.07) is 0. The molecule has 0 N–H and O–H groups in total. The molecule has 0 saturated heterocycles. The minimum atomic E-state index is 0.480. The third-order valence-corrected chi connectivity index (χ3v) is 9.76. The Kier molecular flexibility index (Phi) is 3.41. The topological polar surface area (TPSA) is 0 Å². The van der Waals surface area contributed by atoms with Crippen LogP contribution in [0, 0.1) is 34.0 Å². The zero-order valence-corrected chi connectivity index (χ0v) is 17.0. The second-order valence-corrected chi connectivity index (χ2v) is 11.7. The van der Waals surface area contributed by atoms with Gasteiger partial charge in [-0.25, -0.2) is 0 Å². The van der Waals surface area contributed by atoms with Crippen molar-refractivity contribution in [3.63, 3.8) is 0 Å². The van der Waals surface area contributed by atoms with Gasteiger partial charge in [0.1, 0.15) is 7.28 Å². The standard InChI is InChI=1S/C23H38B/c1-8-12-21(7)13-11-18-20(5,6)23(18,15-21)24-22-14-16(2)9-10-17(22)19(22,3)4/h8,16-18H,1,9-15H2,2-7H3. The van der Waals surface area contributed by atoms with Crippen LogP contribution in [0.1, 0.15) is 86.5 Å². The largest absolute Gasteiger partial charge is 0.128 e. The highest BCUT2D eigenvalue weighted by atomic mass is 14.8. The predicted octanol–water partition coefficient (Wildman–Crippen LogP) is 6.91. The zero-order chi connectivity index (χ0) is 17.6. The maximum absolute atomic E-state index is 4.06. The Balaban J connectivity index is 1.64. The zero-order valence-electron chi connectivity index (χ0n) is 17.0. The fourth-order valence-corrected chi connectivity index (χ4v) is 8.08. The van der Waals surface area contributed by atoms with Gasteiger partial charge in [-0.05, 0) is 76.7 Å². The molecule has 0 bridgehead atoms. The van der Waals surface area contributed by atoms with Gasteiger partial charge in [0.05, 0.1) is 0 Å². The van der Waals surface area contributed by atoms with Crippen LogP contribution < -0.4 is 0 Å². The van der Waals surface area contributed by atoms with Crippen LogP contribution in [-0.4, -0.2) is 7.28 Å². The Morgan fingerprint density at radius 3 is 2.25 bits per heavy atom. The molecule has 0 spiro atoms. The number of allylic oxidation sites excluding steroid dienone is 1. The fourth-order valence-electron chi connectivity index (χ4n) is 8.08. The smallest absolute Gasteiger partial charge is 0.103 e. The van der Waals surface area contributed by atoms with Crippen molar-refractivity contribution in [2.75, 3.05) is 0 Å². The van der Waals surface area contributed by atoms with Crippen LogP contribution >= 0.6 is 0 Å². The van der Waals surface area contributed by atoms with Gasteiger partial charge in [0.15, 0.2) is 0 Å². The van der Waals surface area contributed by atoms with Crippen molar-refractivity contribution in [2.45, 2.75) is 97.1 Å². The first-order valence-electron chi connectivity index (χ1n) is 10.5. The highest BCUT2D eigenvalue weighted by Gasteiger charge is 2.80. The summed E-state index contributed by atoms with van der Waals surface area (Å²) >= 11 is 0. The molecule has 0 amide bonds. The maximum atomic E-state index is 4.06. The van der Waals surface area contributed by atoms with E-state index in [0.717, 1.165) is 17.8 Å². The summed E-state index contributed by atoms with van der Waals surface area (Å²) in [4.78, 5) is 0. The second kappa shape index (κ2) is 4.74. The molecule has 0 aliphatic heterocycles. The molecule has 24 heavy (non-hydrogen) atoms. The molecule has 6 unspecified atom stereocenters. The van der Waals surface area contributed by atoms with E-state index in [9.17, 15) is 0 Å². The molecule has 0 heterocycles. The third kappa shape index (κ3) is 1.94.